The van der Waals surface area contributed by atoms with Crippen LogP contribution in [-0.2, 0) is 6.54 Å². The van der Waals surface area contributed by atoms with Crippen molar-refractivity contribution in [1.29, 1.82) is 0 Å². The molecule has 0 N–H and O–H groups in total. The van der Waals surface area contributed by atoms with Crippen LogP contribution in [0.5, 0.6) is 5.75 Å². The molecular weight excluding hydrogens is 409 g/mol. The lowest BCUT2D eigenvalue weighted by molar-refractivity contribution is 0.103. The summed E-state index contributed by atoms with van der Waals surface area (Å²) in [7, 11) is 1.61. The standard InChI is InChI=1S/C22H17Cl2N3O2/c1-13-19(21(28)14-3-5-16(23)6-4-14)20-22(26-10-9-25-20)27(13)12-15-11-17(29-2)7-8-18(15)24/h3-11H,12H2,1-2H3. The van der Waals surface area contributed by atoms with Gasteiger partial charge in [-0.3, -0.25) is 9.78 Å². The maximum absolute atomic E-state index is 13.3. The minimum atomic E-state index is -0.125. The molecule has 2 aromatic carbocycles. The highest BCUT2D eigenvalue weighted by molar-refractivity contribution is 6.31. The van der Waals surface area contributed by atoms with E-state index in [2.05, 4.69) is 9.97 Å². The molecule has 0 amide bonds. The molecule has 0 saturated carbocycles. The highest BCUT2D eigenvalue weighted by Crippen LogP contribution is 2.29. The smallest absolute Gasteiger partial charge is 0.197 e. The summed E-state index contributed by atoms with van der Waals surface area (Å²) < 4.78 is 7.27. The molecule has 7 heteroatoms. The van der Waals surface area contributed by atoms with E-state index in [-0.39, 0.29) is 5.78 Å². The van der Waals surface area contributed by atoms with Crippen LogP contribution in [0.2, 0.25) is 10.0 Å². The maximum atomic E-state index is 13.3. The molecule has 0 aliphatic heterocycles. The highest BCUT2D eigenvalue weighted by Gasteiger charge is 2.23. The number of ether oxygens (including phenoxy) is 1. The summed E-state index contributed by atoms with van der Waals surface area (Å²) in [5.74, 6) is 0.585. The van der Waals surface area contributed by atoms with Crippen LogP contribution in [0.25, 0.3) is 11.2 Å². The van der Waals surface area contributed by atoms with E-state index in [4.69, 9.17) is 27.9 Å². The minimum absolute atomic E-state index is 0.125. The maximum Gasteiger partial charge on any atom is 0.197 e. The summed E-state index contributed by atoms with van der Waals surface area (Å²) in [5, 5.41) is 1.19. The predicted octanol–water partition coefficient (Wildman–Crippen LogP) is 5.33. The van der Waals surface area contributed by atoms with E-state index in [9.17, 15) is 4.79 Å². The van der Waals surface area contributed by atoms with Gasteiger partial charge >= 0.3 is 0 Å². The Morgan fingerprint density at radius 3 is 2.52 bits per heavy atom. The second-order valence-electron chi connectivity index (χ2n) is 6.57. The molecule has 0 unspecified atom stereocenters. The first-order valence-electron chi connectivity index (χ1n) is 8.92. The second kappa shape index (κ2) is 7.85. The molecule has 0 saturated heterocycles. The van der Waals surface area contributed by atoms with Gasteiger partial charge in [0.05, 0.1) is 19.2 Å². The number of benzene rings is 2. The fourth-order valence-electron chi connectivity index (χ4n) is 3.35. The Hall–Kier alpha value is -2.89. The molecule has 0 radical (unpaired) electrons. The van der Waals surface area contributed by atoms with Crippen molar-refractivity contribution in [3.63, 3.8) is 0 Å². The third-order valence-corrected chi connectivity index (χ3v) is 5.47. The number of rotatable bonds is 5. The number of carbonyl (C=O) groups is 1. The molecular formula is C22H17Cl2N3O2. The first kappa shape index (κ1) is 19.4. The first-order chi connectivity index (χ1) is 14.0. The highest BCUT2D eigenvalue weighted by atomic mass is 35.5. The molecule has 5 nitrogen and oxygen atoms in total. The Morgan fingerprint density at radius 1 is 1.07 bits per heavy atom. The van der Waals surface area contributed by atoms with Crippen molar-refractivity contribution in [2.45, 2.75) is 13.5 Å². The monoisotopic (exact) mass is 425 g/mol. The van der Waals surface area contributed by atoms with Crippen LogP contribution in [0.3, 0.4) is 0 Å². The molecule has 0 atom stereocenters. The van der Waals surface area contributed by atoms with Crippen LogP contribution >= 0.6 is 23.2 Å². The Balaban J connectivity index is 1.85. The number of hydrogen-bond donors (Lipinski definition) is 0. The lowest BCUT2D eigenvalue weighted by Gasteiger charge is -2.11. The lowest BCUT2D eigenvalue weighted by atomic mass is 10.0. The van der Waals surface area contributed by atoms with Gasteiger partial charge in [-0.2, -0.15) is 0 Å². The summed E-state index contributed by atoms with van der Waals surface area (Å²) in [5.41, 5.74) is 3.88. The largest absolute Gasteiger partial charge is 0.497 e. The third-order valence-electron chi connectivity index (χ3n) is 4.85. The van der Waals surface area contributed by atoms with Crippen LogP contribution in [0.1, 0.15) is 27.2 Å². The Bertz CT molecular complexity index is 1220. The normalized spacial score (nSPS) is 11.0. The van der Waals surface area contributed by atoms with Gasteiger partial charge in [-0.25, -0.2) is 4.98 Å². The van der Waals surface area contributed by atoms with E-state index in [0.717, 1.165) is 11.3 Å². The Labute approximate surface area is 177 Å². The average Bonchev–Trinajstić information content (AvgIpc) is 3.01. The zero-order valence-electron chi connectivity index (χ0n) is 15.8. The van der Waals surface area contributed by atoms with Gasteiger partial charge in [0, 0.05) is 33.7 Å². The van der Waals surface area contributed by atoms with Gasteiger partial charge in [0.25, 0.3) is 0 Å². The summed E-state index contributed by atoms with van der Waals surface area (Å²) in [6.07, 6.45) is 3.20. The van der Waals surface area contributed by atoms with E-state index in [1.54, 1.807) is 49.8 Å². The average molecular weight is 426 g/mol. The number of carbonyl (C=O) groups excluding carboxylic acids is 1. The summed E-state index contributed by atoms with van der Waals surface area (Å²) >= 11 is 12.4. The summed E-state index contributed by atoms with van der Waals surface area (Å²) in [6, 6.07) is 12.3. The van der Waals surface area contributed by atoms with Crippen LogP contribution in [0, 0.1) is 6.92 Å². The number of ketones is 1. The molecule has 0 aliphatic rings. The Kier molecular flexibility index (Phi) is 5.26. The number of fused-ring (bicyclic) bond motifs is 1. The molecule has 4 rings (SSSR count). The number of halogens is 2. The van der Waals surface area contributed by atoms with Crippen molar-refractivity contribution < 1.29 is 9.53 Å². The van der Waals surface area contributed by atoms with Gasteiger partial charge in [-0.15, -0.1) is 0 Å². The second-order valence-corrected chi connectivity index (χ2v) is 7.41. The van der Waals surface area contributed by atoms with Crippen LogP contribution in [0.15, 0.2) is 54.9 Å². The van der Waals surface area contributed by atoms with E-state index in [1.807, 2.05) is 23.6 Å². The number of methoxy groups -OCH3 is 1. The van der Waals surface area contributed by atoms with Gasteiger partial charge in [-0.1, -0.05) is 23.2 Å². The molecule has 4 aromatic rings. The number of nitrogens with zero attached hydrogens (tertiary/aromatic N) is 3. The number of aromatic nitrogens is 3. The minimum Gasteiger partial charge on any atom is -0.497 e. The molecule has 0 bridgehead atoms. The van der Waals surface area contributed by atoms with Crippen molar-refractivity contribution >= 4 is 40.1 Å². The first-order valence-corrected chi connectivity index (χ1v) is 9.67. The van der Waals surface area contributed by atoms with E-state index in [1.165, 1.54) is 0 Å². The third kappa shape index (κ3) is 3.59. The topological polar surface area (TPSA) is 57.0 Å². The molecule has 2 aromatic heterocycles. The van der Waals surface area contributed by atoms with Gasteiger partial charge in [0.1, 0.15) is 11.3 Å². The van der Waals surface area contributed by atoms with Crippen LogP contribution in [-0.4, -0.2) is 27.4 Å². The van der Waals surface area contributed by atoms with Crippen LogP contribution < -0.4 is 4.74 Å². The van der Waals surface area contributed by atoms with Gasteiger partial charge < -0.3 is 9.30 Å². The molecule has 0 aliphatic carbocycles. The van der Waals surface area contributed by atoms with E-state index >= 15 is 0 Å². The lowest BCUT2D eigenvalue weighted by Crippen LogP contribution is -2.07. The fraction of sp³-hybridized carbons (Fsp3) is 0.136. The van der Waals surface area contributed by atoms with Gasteiger partial charge in [0.2, 0.25) is 0 Å². The molecule has 29 heavy (non-hydrogen) atoms. The fourth-order valence-corrected chi connectivity index (χ4v) is 3.65. The predicted molar refractivity (Wildman–Crippen MR) is 114 cm³/mol. The van der Waals surface area contributed by atoms with Crippen molar-refractivity contribution in [2.75, 3.05) is 7.11 Å². The van der Waals surface area contributed by atoms with Crippen molar-refractivity contribution in [1.82, 2.24) is 14.5 Å². The van der Waals surface area contributed by atoms with Gasteiger partial charge in [0.15, 0.2) is 11.4 Å². The molecule has 2 heterocycles. The molecule has 0 spiro atoms. The van der Waals surface area contributed by atoms with Gasteiger partial charge in [-0.05, 0) is 55.0 Å². The van der Waals surface area contributed by atoms with E-state index in [0.29, 0.717) is 44.6 Å². The zero-order chi connectivity index (χ0) is 20.5. The van der Waals surface area contributed by atoms with Crippen molar-refractivity contribution in [2.24, 2.45) is 0 Å². The summed E-state index contributed by atoms with van der Waals surface area (Å²) in [4.78, 5) is 22.2. The Morgan fingerprint density at radius 2 is 1.79 bits per heavy atom. The quantitative estimate of drug-likeness (QED) is 0.405. The van der Waals surface area contributed by atoms with Crippen molar-refractivity contribution in [3.05, 3.63) is 87.3 Å². The zero-order valence-corrected chi connectivity index (χ0v) is 17.3. The molecule has 146 valence electrons. The number of hydrogen-bond acceptors (Lipinski definition) is 4. The van der Waals surface area contributed by atoms with E-state index < -0.39 is 0 Å². The SMILES string of the molecule is COc1ccc(Cl)c(Cn2c(C)c(C(=O)c3ccc(Cl)cc3)c3nccnc32)c1. The summed E-state index contributed by atoms with van der Waals surface area (Å²) in [6.45, 7) is 2.32. The molecule has 0 fully saturated rings. The van der Waals surface area contributed by atoms with Crippen LogP contribution in [0.4, 0.5) is 0 Å². The van der Waals surface area contributed by atoms with Crippen molar-refractivity contribution in [3.8, 4) is 5.75 Å².